The number of carbonyl (C=O) groups excluding carboxylic acids is 2. The lowest BCUT2D eigenvalue weighted by molar-refractivity contribution is -0.138. The number of aliphatic hydroxyl groups is 2. The molecule has 0 radical (unpaired) electrons. The van der Waals surface area contributed by atoms with Gasteiger partial charge in [0.25, 0.3) is 0 Å². The minimum absolute atomic E-state index is 0.131. The molecule has 1 aromatic rings. The number of hydrogen-bond acceptors (Lipinski definition) is 8. The SMILES string of the molecule is CCOC(=O)/C(C=Nc1ccccc1N=C/C(=C/O)C(=O)OCC)=C\O. The smallest absolute Gasteiger partial charge is 0.342 e. The number of hydrogen-bond donors (Lipinski definition) is 2. The van der Waals surface area contributed by atoms with Gasteiger partial charge < -0.3 is 19.7 Å². The quantitative estimate of drug-likeness (QED) is 0.318. The monoisotopic (exact) mass is 360 g/mol. The molecule has 0 atom stereocenters. The van der Waals surface area contributed by atoms with Crippen molar-refractivity contribution in [1.82, 2.24) is 0 Å². The maximum absolute atomic E-state index is 11.6. The van der Waals surface area contributed by atoms with Crippen molar-refractivity contribution in [2.45, 2.75) is 13.8 Å². The first kappa shape index (κ1) is 20.6. The summed E-state index contributed by atoms with van der Waals surface area (Å²) >= 11 is 0. The molecule has 26 heavy (non-hydrogen) atoms. The minimum Gasteiger partial charge on any atom is -0.515 e. The van der Waals surface area contributed by atoms with E-state index >= 15 is 0 Å². The van der Waals surface area contributed by atoms with Crippen molar-refractivity contribution >= 4 is 35.7 Å². The highest BCUT2D eigenvalue weighted by Crippen LogP contribution is 2.27. The highest BCUT2D eigenvalue weighted by molar-refractivity contribution is 6.11. The van der Waals surface area contributed by atoms with E-state index in [1.54, 1.807) is 38.1 Å². The summed E-state index contributed by atoms with van der Waals surface area (Å²) in [5.41, 5.74) is 0.475. The van der Waals surface area contributed by atoms with E-state index in [1.807, 2.05) is 0 Å². The molecule has 0 amide bonds. The molecule has 0 aliphatic heterocycles. The molecule has 0 aliphatic rings. The van der Waals surface area contributed by atoms with Crippen molar-refractivity contribution in [3.05, 3.63) is 47.9 Å². The van der Waals surface area contributed by atoms with E-state index in [0.717, 1.165) is 12.4 Å². The first-order chi connectivity index (χ1) is 12.6. The second-order valence-electron chi connectivity index (χ2n) is 4.61. The predicted octanol–water partition coefficient (Wildman–Crippen LogP) is 3.10. The van der Waals surface area contributed by atoms with Gasteiger partial charge in [0.1, 0.15) is 11.1 Å². The fraction of sp³-hybridized carbons (Fsp3) is 0.222. The van der Waals surface area contributed by atoms with Gasteiger partial charge in [0.15, 0.2) is 0 Å². The maximum atomic E-state index is 11.6. The fourth-order valence-electron chi connectivity index (χ4n) is 1.67. The summed E-state index contributed by atoms with van der Waals surface area (Å²) in [4.78, 5) is 31.4. The van der Waals surface area contributed by atoms with Crippen LogP contribution in [0.4, 0.5) is 11.4 Å². The minimum atomic E-state index is -0.715. The Kier molecular flexibility index (Phi) is 8.88. The Balaban J connectivity index is 3.04. The Morgan fingerprint density at radius 2 is 1.27 bits per heavy atom. The fourth-order valence-corrected chi connectivity index (χ4v) is 1.67. The van der Waals surface area contributed by atoms with E-state index < -0.39 is 11.9 Å². The first-order valence-electron chi connectivity index (χ1n) is 7.77. The molecule has 2 N–H and O–H groups in total. The van der Waals surface area contributed by atoms with E-state index in [9.17, 15) is 9.59 Å². The number of nitrogens with zero attached hydrogens (tertiary/aromatic N) is 2. The summed E-state index contributed by atoms with van der Waals surface area (Å²) in [5, 5.41) is 18.2. The van der Waals surface area contributed by atoms with E-state index in [-0.39, 0.29) is 24.4 Å². The third-order valence-corrected chi connectivity index (χ3v) is 2.87. The Morgan fingerprint density at radius 3 is 1.58 bits per heavy atom. The van der Waals surface area contributed by atoms with Gasteiger partial charge in [0.05, 0.1) is 37.1 Å². The topological polar surface area (TPSA) is 118 Å². The molecule has 0 spiro atoms. The van der Waals surface area contributed by atoms with Gasteiger partial charge in [-0.15, -0.1) is 0 Å². The number of aliphatic imine (C=N–C) groups is 2. The molecule has 8 heteroatoms. The summed E-state index contributed by atoms with van der Waals surface area (Å²) in [6, 6.07) is 6.64. The third kappa shape index (κ3) is 6.23. The summed E-state index contributed by atoms with van der Waals surface area (Å²) in [6.07, 6.45) is 3.47. The highest BCUT2D eigenvalue weighted by atomic mass is 16.5. The van der Waals surface area contributed by atoms with Crippen molar-refractivity contribution in [2.75, 3.05) is 13.2 Å². The molecule has 1 aromatic carbocycles. The zero-order chi connectivity index (χ0) is 19.4. The Bertz CT molecular complexity index is 687. The van der Waals surface area contributed by atoms with Gasteiger partial charge in [-0.2, -0.15) is 0 Å². The molecule has 0 unspecified atom stereocenters. The zero-order valence-electron chi connectivity index (χ0n) is 14.5. The van der Waals surface area contributed by atoms with E-state index in [0.29, 0.717) is 23.9 Å². The second-order valence-corrected chi connectivity index (χ2v) is 4.61. The predicted molar refractivity (Wildman–Crippen MR) is 97.4 cm³/mol. The highest BCUT2D eigenvalue weighted by Gasteiger charge is 2.10. The van der Waals surface area contributed by atoms with E-state index in [4.69, 9.17) is 19.7 Å². The largest absolute Gasteiger partial charge is 0.515 e. The molecule has 1 rings (SSSR count). The number of esters is 2. The lowest BCUT2D eigenvalue weighted by Crippen LogP contribution is -2.08. The number of rotatable bonds is 8. The summed E-state index contributed by atoms with van der Waals surface area (Å²) in [7, 11) is 0. The van der Waals surface area contributed by atoms with Crippen molar-refractivity contribution in [2.24, 2.45) is 9.98 Å². The average Bonchev–Trinajstić information content (AvgIpc) is 2.64. The summed E-state index contributed by atoms with van der Waals surface area (Å²) in [6.45, 7) is 3.61. The van der Waals surface area contributed by atoms with Crippen LogP contribution in [0, 0.1) is 0 Å². The zero-order valence-corrected chi connectivity index (χ0v) is 14.5. The van der Waals surface area contributed by atoms with Gasteiger partial charge in [0.2, 0.25) is 0 Å². The lowest BCUT2D eigenvalue weighted by Gasteiger charge is -2.03. The molecule has 0 bridgehead atoms. The van der Waals surface area contributed by atoms with Gasteiger partial charge in [-0.05, 0) is 26.0 Å². The van der Waals surface area contributed by atoms with Crippen LogP contribution in [0.15, 0.2) is 57.9 Å². The molecule has 0 saturated heterocycles. The molecule has 138 valence electrons. The van der Waals surface area contributed by atoms with Crippen LogP contribution in [0.25, 0.3) is 0 Å². The molecule has 0 saturated carbocycles. The Hall–Kier alpha value is -3.42. The Labute approximate surface area is 150 Å². The van der Waals surface area contributed by atoms with Crippen LogP contribution in [0.3, 0.4) is 0 Å². The number of carbonyl (C=O) groups is 2. The lowest BCUT2D eigenvalue weighted by atomic mass is 10.2. The van der Waals surface area contributed by atoms with Crippen molar-refractivity contribution in [3.8, 4) is 0 Å². The molecule has 0 fully saturated rings. The van der Waals surface area contributed by atoms with Gasteiger partial charge in [0, 0.05) is 12.4 Å². The van der Waals surface area contributed by atoms with Crippen LogP contribution in [-0.2, 0) is 19.1 Å². The van der Waals surface area contributed by atoms with Gasteiger partial charge in [-0.3, -0.25) is 9.98 Å². The second kappa shape index (κ2) is 11.2. The average molecular weight is 360 g/mol. The normalized spacial score (nSPS) is 12.5. The summed E-state index contributed by atoms with van der Waals surface area (Å²) in [5.74, 6) is -1.43. The Morgan fingerprint density at radius 1 is 0.885 bits per heavy atom. The number of para-hydroxylation sites is 2. The molecular weight excluding hydrogens is 340 g/mol. The van der Waals surface area contributed by atoms with E-state index in [2.05, 4.69) is 9.98 Å². The van der Waals surface area contributed by atoms with Crippen LogP contribution in [0.2, 0.25) is 0 Å². The molecule has 0 heterocycles. The maximum Gasteiger partial charge on any atom is 0.342 e. The van der Waals surface area contributed by atoms with Crippen LogP contribution in [0.5, 0.6) is 0 Å². The van der Waals surface area contributed by atoms with Crippen molar-refractivity contribution in [1.29, 1.82) is 0 Å². The van der Waals surface area contributed by atoms with Crippen molar-refractivity contribution in [3.63, 3.8) is 0 Å². The first-order valence-corrected chi connectivity index (χ1v) is 7.77. The van der Waals surface area contributed by atoms with Gasteiger partial charge in [-0.1, -0.05) is 12.1 Å². The van der Waals surface area contributed by atoms with E-state index in [1.165, 1.54) is 0 Å². The van der Waals surface area contributed by atoms with Crippen molar-refractivity contribution < 1.29 is 29.3 Å². The molecular formula is C18H20N2O6. The van der Waals surface area contributed by atoms with Crippen LogP contribution in [0.1, 0.15) is 13.8 Å². The molecule has 8 nitrogen and oxygen atoms in total. The van der Waals surface area contributed by atoms with Crippen LogP contribution < -0.4 is 0 Å². The third-order valence-electron chi connectivity index (χ3n) is 2.87. The molecule has 0 aromatic heterocycles. The number of benzene rings is 1. The summed E-state index contributed by atoms with van der Waals surface area (Å²) < 4.78 is 9.56. The number of ether oxygens (including phenoxy) is 2. The van der Waals surface area contributed by atoms with Gasteiger partial charge >= 0.3 is 11.9 Å². The van der Waals surface area contributed by atoms with Gasteiger partial charge in [-0.25, -0.2) is 9.59 Å². The van der Waals surface area contributed by atoms with Crippen LogP contribution >= 0.6 is 0 Å². The number of aliphatic hydroxyl groups excluding tert-OH is 2. The van der Waals surface area contributed by atoms with Crippen LogP contribution in [-0.4, -0.2) is 47.8 Å². The molecule has 0 aliphatic carbocycles. The standard InChI is InChI=1S/C18H20N2O6/c1-3-25-17(23)13(11-21)9-19-15-7-5-6-8-16(15)20-10-14(12-22)18(24)26-4-2/h5-12,21-22H,3-4H2,1-2H3/b13-11-,14-12-,19-9?,20-10?.